The molecule has 1 aliphatic heterocycles. The third-order valence-corrected chi connectivity index (χ3v) is 4.84. The minimum Gasteiger partial charge on any atom is -0.352 e. The molecule has 5 heteroatoms. The van der Waals surface area contributed by atoms with Crippen molar-refractivity contribution in [2.24, 2.45) is 10.9 Å². The lowest BCUT2D eigenvalue weighted by Gasteiger charge is -2.31. The van der Waals surface area contributed by atoms with Crippen LogP contribution in [-0.2, 0) is 24.3 Å². The van der Waals surface area contributed by atoms with Gasteiger partial charge in [-0.05, 0) is 35.2 Å². The van der Waals surface area contributed by atoms with E-state index in [1.165, 1.54) is 11.1 Å². The van der Waals surface area contributed by atoms with Crippen LogP contribution >= 0.6 is 0 Å². The first-order valence-corrected chi connectivity index (χ1v) is 9.49. The molecule has 27 heavy (non-hydrogen) atoms. The summed E-state index contributed by atoms with van der Waals surface area (Å²) < 4.78 is 0. The molecule has 0 saturated carbocycles. The summed E-state index contributed by atoms with van der Waals surface area (Å²) in [6, 6.07) is 16.5. The van der Waals surface area contributed by atoms with E-state index in [9.17, 15) is 4.79 Å². The molecule has 2 aromatic carbocycles. The van der Waals surface area contributed by atoms with Gasteiger partial charge in [0.15, 0.2) is 5.96 Å². The molecule has 142 valence electrons. The lowest BCUT2D eigenvalue weighted by Crippen LogP contribution is -2.43. The van der Waals surface area contributed by atoms with E-state index in [1.54, 1.807) is 0 Å². The molecule has 0 unspecified atom stereocenters. The van der Waals surface area contributed by atoms with Crippen LogP contribution in [0, 0.1) is 5.92 Å². The Labute approximate surface area is 161 Å². The Balaban J connectivity index is 1.56. The molecule has 1 aliphatic rings. The summed E-state index contributed by atoms with van der Waals surface area (Å²) in [6.07, 6.45) is 1.04. The van der Waals surface area contributed by atoms with Crippen molar-refractivity contribution >= 4 is 17.6 Å². The second-order valence-corrected chi connectivity index (χ2v) is 7.18. The van der Waals surface area contributed by atoms with E-state index in [4.69, 9.17) is 0 Å². The van der Waals surface area contributed by atoms with E-state index < -0.39 is 0 Å². The van der Waals surface area contributed by atoms with Gasteiger partial charge >= 0.3 is 0 Å². The molecule has 0 saturated heterocycles. The molecule has 3 rings (SSSR count). The fourth-order valence-corrected chi connectivity index (χ4v) is 3.18. The largest absolute Gasteiger partial charge is 0.352 e. The lowest BCUT2D eigenvalue weighted by molar-refractivity contribution is -0.118. The first-order chi connectivity index (χ1) is 13.1. The summed E-state index contributed by atoms with van der Waals surface area (Å²) in [6.45, 7) is 6.33. The highest BCUT2D eigenvalue weighted by Gasteiger charge is 2.18. The van der Waals surface area contributed by atoms with Gasteiger partial charge in [-0.15, -0.1) is 0 Å². The van der Waals surface area contributed by atoms with Gasteiger partial charge < -0.3 is 15.5 Å². The molecule has 0 aliphatic carbocycles. The van der Waals surface area contributed by atoms with E-state index in [-0.39, 0.29) is 11.8 Å². The van der Waals surface area contributed by atoms with Crippen LogP contribution in [-0.4, -0.2) is 30.4 Å². The number of anilines is 1. The van der Waals surface area contributed by atoms with Crippen molar-refractivity contribution in [1.29, 1.82) is 0 Å². The summed E-state index contributed by atoms with van der Waals surface area (Å²) in [5.74, 6) is 0.928. The zero-order valence-corrected chi connectivity index (χ0v) is 16.3. The summed E-state index contributed by atoms with van der Waals surface area (Å²) in [4.78, 5) is 18.5. The Morgan fingerprint density at radius 2 is 1.81 bits per heavy atom. The number of aliphatic imine (C=N–C) groups is 1. The number of hydrogen-bond donors (Lipinski definition) is 2. The van der Waals surface area contributed by atoms with Crippen LogP contribution in [0.4, 0.5) is 5.69 Å². The minimum absolute atomic E-state index is 0.0238. The molecule has 1 amide bonds. The lowest BCUT2D eigenvalue weighted by atomic mass is 10.0. The number of guanidine groups is 1. The van der Waals surface area contributed by atoms with Crippen molar-refractivity contribution in [3.05, 3.63) is 65.2 Å². The molecule has 5 nitrogen and oxygen atoms in total. The summed E-state index contributed by atoms with van der Waals surface area (Å²) in [7, 11) is 1.83. The number of carbonyl (C=O) groups excluding carboxylic acids is 1. The molecule has 0 atom stereocenters. The highest BCUT2D eigenvalue weighted by molar-refractivity contribution is 5.92. The van der Waals surface area contributed by atoms with Crippen molar-refractivity contribution < 1.29 is 4.79 Å². The maximum absolute atomic E-state index is 11.8. The average Bonchev–Trinajstić information content (AvgIpc) is 2.69. The van der Waals surface area contributed by atoms with E-state index in [0.29, 0.717) is 6.54 Å². The predicted molar refractivity (Wildman–Crippen MR) is 111 cm³/mol. The first kappa shape index (κ1) is 19.0. The van der Waals surface area contributed by atoms with Crippen LogP contribution in [0.25, 0.3) is 0 Å². The number of benzene rings is 2. The molecule has 0 bridgehead atoms. The van der Waals surface area contributed by atoms with Gasteiger partial charge in [-0.25, -0.2) is 0 Å². The number of rotatable bonds is 4. The summed E-state index contributed by atoms with van der Waals surface area (Å²) in [5, 5.41) is 6.37. The first-order valence-electron chi connectivity index (χ1n) is 9.49. The summed E-state index contributed by atoms with van der Waals surface area (Å²) in [5.41, 5.74) is 4.78. The van der Waals surface area contributed by atoms with Crippen LogP contribution in [0.2, 0.25) is 0 Å². The smallest absolute Gasteiger partial charge is 0.226 e. The monoisotopic (exact) mass is 364 g/mol. The Morgan fingerprint density at radius 3 is 2.48 bits per heavy atom. The van der Waals surface area contributed by atoms with Gasteiger partial charge in [0.2, 0.25) is 5.91 Å². The molecule has 0 fully saturated rings. The van der Waals surface area contributed by atoms with Crippen LogP contribution in [0.15, 0.2) is 53.5 Å². The van der Waals surface area contributed by atoms with Gasteiger partial charge in [-0.2, -0.15) is 0 Å². The van der Waals surface area contributed by atoms with Crippen LogP contribution in [0.1, 0.15) is 30.5 Å². The normalized spacial score (nSPS) is 14.1. The highest BCUT2D eigenvalue weighted by Crippen LogP contribution is 2.18. The van der Waals surface area contributed by atoms with E-state index in [1.807, 2.05) is 45.2 Å². The number of amides is 1. The Hall–Kier alpha value is -2.82. The fourth-order valence-electron chi connectivity index (χ4n) is 3.18. The quantitative estimate of drug-likeness (QED) is 0.646. The maximum Gasteiger partial charge on any atom is 0.226 e. The fraction of sp³-hybridized carbons (Fsp3) is 0.364. The van der Waals surface area contributed by atoms with Crippen molar-refractivity contribution in [2.75, 3.05) is 18.9 Å². The molecule has 1 heterocycles. The van der Waals surface area contributed by atoms with Crippen LogP contribution < -0.4 is 10.6 Å². The zero-order valence-electron chi connectivity index (χ0n) is 16.3. The standard InChI is InChI=1S/C22H28N4O/c1-16(2)21(27)25-20-10-8-17(9-11-20)14-24-22(23-3)26-13-12-18-6-4-5-7-19(18)15-26/h4-11,16H,12-15H2,1-3H3,(H,23,24)(H,25,27). The number of nitrogens with zero attached hydrogens (tertiary/aromatic N) is 2. The van der Waals surface area contributed by atoms with E-state index in [2.05, 4.69) is 44.8 Å². The van der Waals surface area contributed by atoms with Crippen LogP contribution in [0.3, 0.4) is 0 Å². The Bertz CT molecular complexity index is 811. The SMILES string of the molecule is CN=C(NCc1ccc(NC(=O)C(C)C)cc1)N1CCc2ccccc2C1. The second kappa shape index (κ2) is 8.71. The third-order valence-electron chi connectivity index (χ3n) is 4.84. The van der Waals surface area contributed by atoms with Gasteiger partial charge in [0.05, 0.1) is 0 Å². The number of fused-ring (bicyclic) bond motifs is 1. The van der Waals surface area contributed by atoms with Crippen LogP contribution in [0.5, 0.6) is 0 Å². The maximum atomic E-state index is 11.8. The van der Waals surface area contributed by atoms with Crippen molar-refractivity contribution in [3.63, 3.8) is 0 Å². The zero-order chi connectivity index (χ0) is 19.2. The molecular formula is C22H28N4O. The minimum atomic E-state index is -0.0238. The van der Waals surface area contributed by atoms with Gasteiger partial charge in [0, 0.05) is 38.3 Å². The molecule has 2 aromatic rings. The molecule has 0 spiro atoms. The van der Waals surface area contributed by atoms with Crippen molar-refractivity contribution in [3.8, 4) is 0 Å². The van der Waals surface area contributed by atoms with Crippen molar-refractivity contribution in [1.82, 2.24) is 10.2 Å². The molecule has 0 radical (unpaired) electrons. The number of hydrogen-bond acceptors (Lipinski definition) is 2. The Kier molecular flexibility index (Phi) is 6.12. The number of carbonyl (C=O) groups is 1. The second-order valence-electron chi connectivity index (χ2n) is 7.18. The Morgan fingerprint density at radius 1 is 1.11 bits per heavy atom. The molecular weight excluding hydrogens is 336 g/mol. The van der Waals surface area contributed by atoms with Gasteiger partial charge in [0.1, 0.15) is 0 Å². The van der Waals surface area contributed by atoms with E-state index >= 15 is 0 Å². The van der Waals surface area contributed by atoms with Gasteiger partial charge in [0.25, 0.3) is 0 Å². The van der Waals surface area contributed by atoms with Gasteiger partial charge in [-0.3, -0.25) is 9.79 Å². The molecule has 2 N–H and O–H groups in total. The predicted octanol–water partition coefficient (Wildman–Crippen LogP) is 3.41. The molecule has 0 aromatic heterocycles. The summed E-state index contributed by atoms with van der Waals surface area (Å²) >= 11 is 0. The van der Waals surface area contributed by atoms with E-state index in [0.717, 1.165) is 36.7 Å². The number of nitrogens with one attached hydrogen (secondary N) is 2. The topological polar surface area (TPSA) is 56.7 Å². The average molecular weight is 364 g/mol. The third kappa shape index (κ3) is 4.88. The van der Waals surface area contributed by atoms with Crippen molar-refractivity contribution in [2.45, 2.75) is 33.4 Å². The highest BCUT2D eigenvalue weighted by atomic mass is 16.1. The van der Waals surface area contributed by atoms with Gasteiger partial charge in [-0.1, -0.05) is 50.2 Å².